The van der Waals surface area contributed by atoms with Gasteiger partial charge in [0.05, 0.1) is 0 Å². The van der Waals surface area contributed by atoms with Crippen LogP contribution in [0.25, 0.3) is 6.08 Å². The predicted octanol–water partition coefficient (Wildman–Crippen LogP) is 2.44. The Labute approximate surface area is 126 Å². The molecule has 0 aromatic heterocycles. The lowest BCUT2D eigenvalue weighted by molar-refractivity contribution is -0.142. The Kier molecular flexibility index (Phi) is 7.31. The Balaban J connectivity index is 2.73. The molecule has 0 fully saturated rings. The minimum Gasteiger partial charge on any atom is -0.455 e. The summed E-state index contributed by atoms with van der Waals surface area (Å²) in [5.74, 6) is -0.450. The van der Waals surface area contributed by atoms with E-state index in [1.54, 1.807) is 6.08 Å². The molecule has 5 nitrogen and oxygen atoms in total. The fraction of sp³-hybridized carbons (Fsp3) is 0.400. The smallest absolute Gasteiger partial charge is 0.455 e. The van der Waals surface area contributed by atoms with Crippen molar-refractivity contribution < 1.29 is 22.8 Å². The van der Waals surface area contributed by atoms with E-state index < -0.39 is 20.5 Å². The van der Waals surface area contributed by atoms with Gasteiger partial charge in [0.2, 0.25) is 0 Å². The topological polar surface area (TPSA) is 54.0 Å². The number of rotatable bonds is 8. The maximum absolute atomic E-state index is 11.9. The lowest BCUT2D eigenvalue weighted by Gasteiger charge is -2.30. The summed E-state index contributed by atoms with van der Waals surface area (Å²) in [6.45, 7) is 1.89. The molecule has 0 bridgehead atoms. The fourth-order valence-electron chi connectivity index (χ4n) is 1.96. The van der Waals surface area contributed by atoms with Crippen molar-refractivity contribution in [3.05, 3.63) is 42.0 Å². The van der Waals surface area contributed by atoms with Crippen LogP contribution in [-0.2, 0) is 22.8 Å². The second-order valence-electron chi connectivity index (χ2n) is 4.29. The summed E-state index contributed by atoms with van der Waals surface area (Å²) in [4.78, 5) is 11.9. The average molecular weight is 310 g/mol. The summed E-state index contributed by atoms with van der Waals surface area (Å²) in [6, 6.07) is 9.52. The molecule has 6 heteroatoms. The summed E-state index contributed by atoms with van der Waals surface area (Å²) in [5, 5.41) is 0. The molecular formula is C15H22O5Si. The third-order valence-corrected chi connectivity index (χ3v) is 6.11. The summed E-state index contributed by atoms with van der Waals surface area (Å²) in [7, 11) is 1.49. The quantitative estimate of drug-likeness (QED) is 0.419. The van der Waals surface area contributed by atoms with E-state index in [-0.39, 0.29) is 0 Å². The third kappa shape index (κ3) is 4.78. The Morgan fingerprint density at radius 2 is 1.71 bits per heavy atom. The van der Waals surface area contributed by atoms with E-state index in [2.05, 4.69) is 0 Å². The van der Waals surface area contributed by atoms with E-state index in [4.69, 9.17) is 18.0 Å². The first-order chi connectivity index (χ1) is 10.1. The molecule has 0 aliphatic carbocycles. The highest BCUT2D eigenvalue weighted by molar-refractivity contribution is 6.62. The molecule has 0 heterocycles. The van der Waals surface area contributed by atoms with Crippen LogP contribution in [0.4, 0.5) is 0 Å². The maximum atomic E-state index is 11.9. The van der Waals surface area contributed by atoms with Crippen molar-refractivity contribution in [1.82, 2.24) is 0 Å². The zero-order valence-electron chi connectivity index (χ0n) is 12.9. The zero-order chi connectivity index (χ0) is 15.7. The van der Waals surface area contributed by atoms with Crippen LogP contribution in [0.5, 0.6) is 0 Å². The molecule has 0 aliphatic rings. The predicted molar refractivity (Wildman–Crippen MR) is 82.4 cm³/mol. The number of carbonyl (C=O) groups is 1. The van der Waals surface area contributed by atoms with Crippen LogP contribution in [-0.4, -0.2) is 41.8 Å². The number of hydrogen-bond donors (Lipinski definition) is 0. The molecule has 0 spiro atoms. The summed E-state index contributed by atoms with van der Waals surface area (Å²) in [6.07, 6.45) is 3.63. The summed E-state index contributed by atoms with van der Waals surface area (Å²) in [5.41, 5.74) is 0.390. The second-order valence-corrected chi connectivity index (χ2v) is 7.37. The normalized spacial score (nSPS) is 13.3. The highest BCUT2D eigenvalue weighted by Gasteiger charge is 2.49. The molecular weight excluding hydrogens is 288 g/mol. The van der Waals surface area contributed by atoms with E-state index in [0.29, 0.717) is 6.42 Å². The van der Waals surface area contributed by atoms with Crippen LogP contribution in [0.15, 0.2) is 36.4 Å². The molecule has 1 rings (SSSR count). The van der Waals surface area contributed by atoms with E-state index in [0.717, 1.165) is 5.56 Å². The molecule has 1 aromatic rings. The number of hydrogen-bond acceptors (Lipinski definition) is 5. The molecule has 0 saturated carbocycles. The highest BCUT2D eigenvalue weighted by Crippen LogP contribution is 2.18. The maximum Gasteiger partial charge on any atom is 0.543 e. The first-order valence-electron chi connectivity index (χ1n) is 6.71. The van der Waals surface area contributed by atoms with Gasteiger partial charge in [0.25, 0.3) is 0 Å². The molecule has 21 heavy (non-hydrogen) atoms. The minimum atomic E-state index is -2.99. The lowest BCUT2D eigenvalue weighted by atomic mass is 10.2. The van der Waals surface area contributed by atoms with Gasteiger partial charge in [0.15, 0.2) is 5.73 Å². The SMILES string of the molecule is CCC(OC(=O)/C=C/c1ccccc1)[Si](OC)(OC)OC. The van der Waals surface area contributed by atoms with Gasteiger partial charge >= 0.3 is 14.8 Å². The van der Waals surface area contributed by atoms with Gasteiger partial charge in [-0.1, -0.05) is 37.3 Å². The van der Waals surface area contributed by atoms with E-state index in [1.807, 2.05) is 37.3 Å². The van der Waals surface area contributed by atoms with Crippen molar-refractivity contribution in [2.75, 3.05) is 21.3 Å². The van der Waals surface area contributed by atoms with Crippen molar-refractivity contribution in [1.29, 1.82) is 0 Å². The molecule has 1 aromatic carbocycles. The Morgan fingerprint density at radius 3 is 2.19 bits per heavy atom. The van der Waals surface area contributed by atoms with Gasteiger partial charge in [-0.2, -0.15) is 0 Å². The van der Waals surface area contributed by atoms with Crippen molar-refractivity contribution in [2.24, 2.45) is 0 Å². The first-order valence-corrected chi connectivity index (χ1v) is 8.51. The molecule has 1 atom stereocenters. The van der Waals surface area contributed by atoms with Crippen LogP contribution >= 0.6 is 0 Å². The minimum absolute atomic E-state index is 0.450. The van der Waals surface area contributed by atoms with E-state index in [9.17, 15) is 4.79 Å². The highest BCUT2D eigenvalue weighted by atomic mass is 28.4. The monoisotopic (exact) mass is 310 g/mol. The van der Waals surface area contributed by atoms with Gasteiger partial charge < -0.3 is 18.0 Å². The van der Waals surface area contributed by atoms with Gasteiger partial charge in [-0.25, -0.2) is 4.79 Å². The molecule has 0 amide bonds. The van der Waals surface area contributed by atoms with Crippen LogP contribution in [0, 0.1) is 0 Å². The Morgan fingerprint density at radius 1 is 1.14 bits per heavy atom. The molecule has 0 N–H and O–H groups in total. The zero-order valence-corrected chi connectivity index (χ0v) is 13.9. The van der Waals surface area contributed by atoms with Crippen LogP contribution < -0.4 is 0 Å². The molecule has 0 aliphatic heterocycles. The van der Waals surface area contributed by atoms with Crippen molar-refractivity contribution in [2.45, 2.75) is 19.1 Å². The van der Waals surface area contributed by atoms with Gasteiger partial charge in [-0.15, -0.1) is 0 Å². The summed E-state index contributed by atoms with van der Waals surface area (Å²) < 4.78 is 21.5. The van der Waals surface area contributed by atoms with Gasteiger partial charge in [0.1, 0.15) is 0 Å². The van der Waals surface area contributed by atoms with E-state index in [1.165, 1.54) is 27.4 Å². The largest absolute Gasteiger partial charge is 0.543 e. The number of ether oxygens (including phenoxy) is 1. The molecule has 116 valence electrons. The first kappa shape index (κ1) is 17.6. The van der Waals surface area contributed by atoms with Gasteiger partial charge in [-0.3, -0.25) is 0 Å². The standard InChI is InChI=1S/C15H22O5Si/c1-5-15(21(17-2,18-3)19-4)20-14(16)12-11-13-9-7-6-8-10-13/h6-12,15H,5H2,1-4H3/b12-11+. The van der Waals surface area contributed by atoms with Gasteiger partial charge in [0, 0.05) is 27.4 Å². The number of esters is 1. The van der Waals surface area contributed by atoms with Crippen molar-refractivity contribution in [3.63, 3.8) is 0 Å². The average Bonchev–Trinajstić information content (AvgIpc) is 2.54. The fourth-order valence-corrected chi connectivity index (χ4v) is 4.01. The molecule has 0 saturated heterocycles. The van der Waals surface area contributed by atoms with Crippen molar-refractivity contribution in [3.8, 4) is 0 Å². The number of carbonyl (C=O) groups excluding carboxylic acids is 1. The van der Waals surface area contributed by atoms with Crippen LogP contribution in [0.1, 0.15) is 18.9 Å². The van der Waals surface area contributed by atoms with Gasteiger partial charge in [-0.05, 0) is 18.1 Å². The lowest BCUT2D eigenvalue weighted by Crippen LogP contribution is -2.55. The van der Waals surface area contributed by atoms with Crippen LogP contribution in [0.2, 0.25) is 0 Å². The van der Waals surface area contributed by atoms with Crippen molar-refractivity contribution >= 4 is 20.8 Å². The molecule has 0 radical (unpaired) electrons. The summed E-state index contributed by atoms with van der Waals surface area (Å²) >= 11 is 0. The van der Waals surface area contributed by atoms with Crippen LogP contribution in [0.3, 0.4) is 0 Å². The second kappa shape index (κ2) is 8.73. The number of benzene rings is 1. The Hall–Kier alpha value is -1.47. The Bertz CT molecular complexity index is 448. The third-order valence-electron chi connectivity index (χ3n) is 3.09. The van der Waals surface area contributed by atoms with E-state index >= 15 is 0 Å². The molecule has 1 unspecified atom stereocenters.